The predicted molar refractivity (Wildman–Crippen MR) is 116 cm³/mol. The zero-order valence-electron chi connectivity index (χ0n) is 17.5. The monoisotopic (exact) mass is 411 g/mol. The normalized spacial score (nSPS) is 14.6. The average Bonchev–Trinajstić information content (AvgIpc) is 3.13. The van der Waals surface area contributed by atoms with Crippen molar-refractivity contribution in [1.29, 1.82) is 0 Å². The van der Waals surface area contributed by atoms with Crippen LogP contribution in [0.2, 0.25) is 0 Å². The Kier molecular flexibility index (Phi) is 7.07. The first-order chi connectivity index (χ1) is 14.4. The molecule has 0 aliphatic rings. The molecule has 30 heavy (non-hydrogen) atoms. The molecule has 3 aromatic rings. The van der Waals surface area contributed by atoms with Gasteiger partial charge in [-0.15, -0.1) is 0 Å². The summed E-state index contributed by atoms with van der Waals surface area (Å²) in [4.78, 5) is 18.8. The largest absolute Gasteiger partial charge is 0.478 e. The number of hydrogen-bond donors (Lipinski definition) is 4. The first-order valence-corrected chi connectivity index (χ1v) is 10.2. The molecule has 0 saturated heterocycles. The lowest BCUT2D eigenvalue weighted by Gasteiger charge is -2.19. The van der Waals surface area contributed by atoms with Crippen LogP contribution in [0.4, 0.5) is 0 Å². The smallest absolute Gasteiger partial charge is 0.345 e. The molecule has 2 aromatic heterocycles. The number of carboxylic acids is 1. The molecule has 0 unspecified atom stereocenters. The zero-order valence-corrected chi connectivity index (χ0v) is 17.5. The van der Waals surface area contributed by atoms with Gasteiger partial charge in [0.25, 0.3) is 0 Å². The van der Waals surface area contributed by atoms with E-state index in [4.69, 9.17) is 4.74 Å². The molecule has 0 amide bonds. The molecule has 0 bridgehead atoms. The highest BCUT2D eigenvalue weighted by Gasteiger charge is 2.24. The number of H-pyrrole nitrogens is 1. The van der Waals surface area contributed by atoms with Gasteiger partial charge in [0, 0.05) is 48.0 Å². The van der Waals surface area contributed by atoms with Crippen molar-refractivity contribution < 1.29 is 19.7 Å². The lowest BCUT2D eigenvalue weighted by atomic mass is 10.0. The Morgan fingerprint density at radius 2 is 2.03 bits per heavy atom. The number of nitrogens with zero attached hydrogens (tertiary/aromatic N) is 1. The molecule has 0 spiro atoms. The van der Waals surface area contributed by atoms with E-state index in [1.165, 1.54) is 0 Å². The van der Waals surface area contributed by atoms with E-state index in [1.807, 2.05) is 44.3 Å². The highest BCUT2D eigenvalue weighted by molar-refractivity contribution is 5.88. The van der Waals surface area contributed by atoms with E-state index in [0.29, 0.717) is 12.3 Å². The van der Waals surface area contributed by atoms with Gasteiger partial charge in [-0.05, 0) is 31.0 Å². The quantitative estimate of drug-likeness (QED) is 0.408. The Balaban J connectivity index is 1.67. The van der Waals surface area contributed by atoms with Crippen LogP contribution in [0.1, 0.15) is 38.0 Å². The molecule has 3 atom stereocenters. The van der Waals surface area contributed by atoms with Gasteiger partial charge in [-0.25, -0.2) is 4.79 Å². The Morgan fingerprint density at radius 3 is 2.70 bits per heavy atom. The average molecular weight is 412 g/mol. The number of pyridine rings is 1. The Hall–Kier alpha value is -2.90. The second kappa shape index (κ2) is 9.73. The van der Waals surface area contributed by atoms with Crippen molar-refractivity contribution in [2.45, 2.75) is 45.4 Å². The van der Waals surface area contributed by atoms with Crippen LogP contribution in [0.3, 0.4) is 0 Å². The van der Waals surface area contributed by atoms with Crippen molar-refractivity contribution in [2.24, 2.45) is 5.92 Å². The van der Waals surface area contributed by atoms with Crippen LogP contribution in [0.5, 0.6) is 5.75 Å². The molecule has 0 radical (unpaired) electrons. The van der Waals surface area contributed by atoms with Crippen molar-refractivity contribution in [3.05, 3.63) is 60.0 Å². The number of carbonyl (C=O) groups is 1. The summed E-state index contributed by atoms with van der Waals surface area (Å²) in [7, 11) is 0. The number of para-hydroxylation sites is 1. The van der Waals surface area contributed by atoms with E-state index in [1.54, 1.807) is 18.5 Å². The van der Waals surface area contributed by atoms with Crippen molar-refractivity contribution in [2.75, 3.05) is 6.54 Å². The number of aliphatic hydroxyl groups excluding tert-OH is 1. The second-order valence-electron chi connectivity index (χ2n) is 7.93. The van der Waals surface area contributed by atoms with Crippen LogP contribution in [0.25, 0.3) is 10.9 Å². The van der Waals surface area contributed by atoms with E-state index in [-0.39, 0.29) is 12.0 Å². The summed E-state index contributed by atoms with van der Waals surface area (Å²) in [6, 6.07) is 9.44. The van der Waals surface area contributed by atoms with Crippen LogP contribution in [0.15, 0.2) is 48.9 Å². The van der Waals surface area contributed by atoms with Crippen molar-refractivity contribution in [3.8, 4) is 5.75 Å². The number of carboxylic acid groups (broad SMARTS) is 1. The Morgan fingerprint density at radius 1 is 1.23 bits per heavy atom. The topological polar surface area (TPSA) is 107 Å². The third-order valence-corrected chi connectivity index (χ3v) is 5.12. The molecule has 2 heterocycles. The maximum absolute atomic E-state index is 11.5. The van der Waals surface area contributed by atoms with Crippen molar-refractivity contribution in [3.63, 3.8) is 0 Å². The zero-order chi connectivity index (χ0) is 21.7. The molecule has 0 aliphatic carbocycles. The van der Waals surface area contributed by atoms with Crippen LogP contribution >= 0.6 is 0 Å². The van der Waals surface area contributed by atoms with E-state index in [0.717, 1.165) is 28.5 Å². The van der Waals surface area contributed by atoms with Gasteiger partial charge < -0.3 is 25.3 Å². The molecular weight excluding hydrogens is 382 g/mol. The van der Waals surface area contributed by atoms with Gasteiger partial charge in [-0.3, -0.25) is 4.98 Å². The molecule has 0 saturated carbocycles. The molecule has 1 aromatic carbocycles. The highest BCUT2D eigenvalue weighted by atomic mass is 16.5. The molecule has 7 heteroatoms. The number of fused-ring (bicyclic) bond motifs is 1. The number of rotatable bonds is 10. The number of ether oxygens (including phenoxy) is 1. The van der Waals surface area contributed by atoms with Crippen molar-refractivity contribution in [1.82, 2.24) is 15.3 Å². The fourth-order valence-corrected chi connectivity index (χ4v) is 3.47. The molecule has 3 rings (SSSR count). The third-order valence-electron chi connectivity index (χ3n) is 5.12. The summed E-state index contributed by atoms with van der Waals surface area (Å²) in [6.07, 6.45) is 4.50. The first kappa shape index (κ1) is 21.8. The molecule has 0 fully saturated rings. The van der Waals surface area contributed by atoms with Gasteiger partial charge in [0.05, 0.1) is 11.6 Å². The fourth-order valence-electron chi connectivity index (χ4n) is 3.47. The SMILES string of the molecule is CC(C)[C@H](Oc1cccc2c(C[C@@H](C)NC[C@H](O)c3cccnc3)c[nH]c12)C(=O)O. The van der Waals surface area contributed by atoms with Crippen LogP contribution < -0.4 is 10.1 Å². The lowest BCUT2D eigenvalue weighted by molar-refractivity contribution is -0.147. The number of aliphatic carboxylic acids is 1. The summed E-state index contributed by atoms with van der Waals surface area (Å²) in [5, 5.41) is 24.1. The minimum absolute atomic E-state index is 0.127. The summed E-state index contributed by atoms with van der Waals surface area (Å²) in [6.45, 7) is 6.14. The van der Waals surface area contributed by atoms with Gasteiger partial charge in [0.15, 0.2) is 6.10 Å². The molecule has 4 N–H and O–H groups in total. The number of aromatic nitrogens is 2. The van der Waals surface area contributed by atoms with Gasteiger partial charge >= 0.3 is 5.97 Å². The van der Waals surface area contributed by atoms with E-state index in [9.17, 15) is 15.0 Å². The van der Waals surface area contributed by atoms with Crippen LogP contribution in [0, 0.1) is 5.92 Å². The second-order valence-corrected chi connectivity index (χ2v) is 7.93. The summed E-state index contributed by atoms with van der Waals surface area (Å²) in [5.74, 6) is -0.589. The Labute approximate surface area is 176 Å². The maximum atomic E-state index is 11.5. The van der Waals surface area contributed by atoms with E-state index >= 15 is 0 Å². The number of benzene rings is 1. The highest BCUT2D eigenvalue weighted by Crippen LogP contribution is 2.29. The number of aliphatic hydroxyl groups is 1. The van der Waals surface area contributed by atoms with E-state index in [2.05, 4.69) is 22.2 Å². The number of nitrogens with one attached hydrogen (secondary N) is 2. The lowest BCUT2D eigenvalue weighted by Crippen LogP contribution is -2.32. The number of hydrogen-bond acceptors (Lipinski definition) is 5. The molecule has 7 nitrogen and oxygen atoms in total. The number of aromatic amines is 1. The first-order valence-electron chi connectivity index (χ1n) is 10.2. The summed E-state index contributed by atoms with van der Waals surface area (Å²) >= 11 is 0. The van der Waals surface area contributed by atoms with Gasteiger partial charge in [-0.2, -0.15) is 0 Å². The van der Waals surface area contributed by atoms with E-state index < -0.39 is 18.2 Å². The minimum atomic E-state index is -0.973. The predicted octanol–water partition coefficient (Wildman–Crippen LogP) is 3.31. The van der Waals surface area contributed by atoms with Gasteiger partial charge in [0.1, 0.15) is 5.75 Å². The molecule has 160 valence electrons. The Bertz CT molecular complexity index is 971. The van der Waals surface area contributed by atoms with Crippen LogP contribution in [-0.4, -0.2) is 44.8 Å². The maximum Gasteiger partial charge on any atom is 0.345 e. The van der Waals surface area contributed by atoms with Crippen molar-refractivity contribution >= 4 is 16.9 Å². The molecular formula is C23H29N3O4. The summed E-state index contributed by atoms with van der Waals surface area (Å²) in [5.41, 5.74) is 2.67. The van der Waals surface area contributed by atoms with Crippen LogP contribution in [-0.2, 0) is 11.2 Å². The third kappa shape index (κ3) is 5.17. The minimum Gasteiger partial charge on any atom is -0.478 e. The summed E-state index contributed by atoms with van der Waals surface area (Å²) < 4.78 is 5.81. The standard InChI is InChI=1S/C23H29N3O4/c1-14(2)22(23(28)29)30-20-8-4-7-18-17(12-26-21(18)20)10-15(3)25-13-19(27)16-6-5-9-24-11-16/h4-9,11-12,14-15,19,22,25-27H,10,13H2,1-3H3,(H,28,29)/t15-,19+,22+/m1/s1. The van der Waals surface area contributed by atoms with Gasteiger partial charge in [-0.1, -0.05) is 32.0 Å². The van der Waals surface area contributed by atoms with Gasteiger partial charge in [0.2, 0.25) is 0 Å². The fraction of sp³-hybridized carbons (Fsp3) is 0.391. The molecule has 0 aliphatic heterocycles.